The van der Waals surface area contributed by atoms with E-state index in [9.17, 15) is 13.2 Å². The van der Waals surface area contributed by atoms with E-state index in [1.807, 2.05) is 0 Å². The molecule has 0 unspecified atom stereocenters. The van der Waals surface area contributed by atoms with Crippen molar-refractivity contribution in [3.8, 4) is 10.6 Å². The van der Waals surface area contributed by atoms with Gasteiger partial charge in [-0.05, 0) is 28.1 Å². The van der Waals surface area contributed by atoms with Crippen LogP contribution in [0.15, 0.2) is 28.1 Å². The molecule has 1 aromatic carbocycles. The Morgan fingerprint density at radius 1 is 1.29 bits per heavy atom. The van der Waals surface area contributed by atoms with Gasteiger partial charge in [-0.3, -0.25) is 0 Å². The molecule has 2 aromatic rings. The van der Waals surface area contributed by atoms with Gasteiger partial charge in [0.1, 0.15) is 8.79 Å². The first-order valence-electron chi connectivity index (χ1n) is 4.47. The highest BCUT2D eigenvalue weighted by atomic mass is 79.9. The zero-order chi connectivity index (χ0) is 12.6. The Morgan fingerprint density at radius 2 is 2.00 bits per heavy atom. The predicted molar refractivity (Wildman–Crippen MR) is 64.7 cm³/mol. The van der Waals surface area contributed by atoms with Crippen LogP contribution in [-0.4, -0.2) is 4.98 Å². The molecule has 7 heteroatoms. The second-order valence-corrected chi connectivity index (χ2v) is 5.58. The molecule has 0 aliphatic rings. The molecular weight excluding hydrogens is 317 g/mol. The molecule has 2 rings (SSSR count). The quantitative estimate of drug-likeness (QED) is 0.800. The van der Waals surface area contributed by atoms with E-state index in [0.29, 0.717) is 11.3 Å². The highest BCUT2D eigenvalue weighted by molar-refractivity contribution is 9.11. The lowest BCUT2D eigenvalue weighted by Crippen LogP contribution is -2.05. The molecule has 0 atom stereocenters. The van der Waals surface area contributed by atoms with Crippen molar-refractivity contribution in [3.05, 3.63) is 33.7 Å². The maximum Gasteiger partial charge on any atom is 0.435 e. The molecule has 0 amide bonds. The molecule has 0 saturated heterocycles. The van der Waals surface area contributed by atoms with Gasteiger partial charge in [-0.1, -0.05) is 12.1 Å². The number of rotatable bonds is 1. The van der Waals surface area contributed by atoms with Crippen LogP contribution >= 0.6 is 27.3 Å². The lowest BCUT2D eigenvalue weighted by Gasteiger charge is -2.01. The first-order chi connectivity index (χ1) is 7.88. The Labute approximate surface area is 107 Å². The van der Waals surface area contributed by atoms with Gasteiger partial charge in [0.2, 0.25) is 0 Å². The van der Waals surface area contributed by atoms with Gasteiger partial charge in [0, 0.05) is 11.3 Å². The van der Waals surface area contributed by atoms with Gasteiger partial charge in [0.05, 0.1) is 0 Å². The van der Waals surface area contributed by atoms with Crippen LogP contribution in [0, 0.1) is 0 Å². The number of hydrogen-bond donors (Lipinski definition) is 1. The van der Waals surface area contributed by atoms with Gasteiger partial charge in [-0.15, -0.1) is 11.3 Å². The second-order valence-electron chi connectivity index (χ2n) is 3.26. The summed E-state index contributed by atoms with van der Waals surface area (Å²) in [6.07, 6.45) is -4.45. The van der Waals surface area contributed by atoms with Crippen LogP contribution < -0.4 is 5.73 Å². The zero-order valence-electron chi connectivity index (χ0n) is 8.25. The van der Waals surface area contributed by atoms with Crippen molar-refractivity contribution in [2.24, 2.45) is 0 Å². The van der Waals surface area contributed by atoms with E-state index in [-0.39, 0.29) is 8.79 Å². The monoisotopic (exact) mass is 322 g/mol. The van der Waals surface area contributed by atoms with Crippen LogP contribution in [0.5, 0.6) is 0 Å². The molecule has 0 fully saturated rings. The number of nitrogens with two attached hydrogens (primary N) is 1. The maximum atomic E-state index is 12.5. The van der Waals surface area contributed by atoms with Crippen LogP contribution in [0.1, 0.15) is 5.69 Å². The average molecular weight is 323 g/mol. The van der Waals surface area contributed by atoms with Gasteiger partial charge in [0.25, 0.3) is 0 Å². The Balaban J connectivity index is 2.49. The number of nitrogen functional groups attached to an aromatic ring is 1. The minimum absolute atomic E-state index is 0.0255. The van der Waals surface area contributed by atoms with E-state index in [1.54, 1.807) is 24.3 Å². The van der Waals surface area contributed by atoms with Crippen molar-refractivity contribution in [1.82, 2.24) is 4.98 Å². The van der Waals surface area contributed by atoms with E-state index in [4.69, 9.17) is 5.73 Å². The number of anilines is 1. The van der Waals surface area contributed by atoms with Gasteiger partial charge in [-0.25, -0.2) is 4.98 Å². The van der Waals surface area contributed by atoms with Crippen molar-refractivity contribution in [1.29, 1.82) is 0 Å². The molecule has 0 aliphatic carbocycles. The molecule has 2 N–H and O–H groups in total. The SMILES string of the molecule is Nc1cccc(-c2nc(C(F)(F)F)c(Br)s2)c1. The second kappa shape index (κ2) is 4.30. The molecule has 0 saturated carbocycles. The molecule has 1 heterocycles. The summed E-state index contributed by atoms with van der Waals surface area (Å²) >= 11 is 3.81. The van der Waals surface area contributed by atoms with E-state index in [2.05, 4.69) is 20.9 Å². The molecule has 0 aliphatic heterocycles. The minimum atomic E-state index is -4.45. The van der Waals surface area contributed by atoms with Crippen molar-refractivity contribution in [3.63, 3.8) is 0 Å². The van der Waals surface area contributed by atoms with E-state index in [1.165, 1.54) is 0 Å². The first kappa shape index (κ1) is 12.4. The van der Waals surface area contributed by atoms with Crippen LogP contribution in [0.25, 0.3) is 10.6 Å². The number of thiazole rings is 1. The summed E-state index contributed by atoms with van der Waals surface area (Å²) in [5, 5.41) is 0.288. The lowest BCUT2D eigenvalue weighted by molar-refractivity contribution is -0.141. The fourth-order valence-electron chi connectivity index (χ4n) is 1.27. The van der Waals surface area contributed by atoms with Crippen LogP contribution in [0.4, 0.5) is 18.9 Å². The third kappa shape index (κ3) is 2.61. The summed E-state index contributed by atoms with van der Waals surface area (Å²) in [5.74, 6) is 0. The summed E-state index contributed by atoms with van der Waals surface area (Å²) in [6.45, 7) is 0. The largest absolute Gasteiger partial charge is 0.435 e. The molecule has 0 spiro atoms. The van der Waals surface area contributed by atoms with Crippen LogP contribution in [-0.2, 0) is 6.18 Å². The summed E-state index contributed by atoms with van der Waals surface area (Å²) in [6, 6.07) is 6.59. The molecule has 0 bridgehead atoms. The molecule has 1 aromatic heterocycles. The van der Waals surface area contributed by atoms with E-state index >= 15 is 0 Å². The lowest BCUT2D eigenvalue weighted by atomic mass is 10.2. The molecular formula is C10H6BrF3N2S. The fraction of sp³-hybridized carbons (Fsp3) is 0.100. The van der Waals surface area contributed by atoms with Crippen molar-refractivity contribution >= 4 is 33.0 Å². The number of aromatic nitrogens is 1. The summed E-state index contributed by atoms with van der Waals surface area (Å²) in [4.78, 5) is 3.58. The molecule has 90 valence electrons. The predicted octanol–water partition coefficient (Wildman–Crippen LogP) is 4.17. The summed E-state index contributed by atoms with van der Waals surface area (Å²) in [5.41, 5.74) is 5.73. The van der Waals surface area contributed by atoms with Crippen molar-refractivity contribution in [2.75, 3.05) is 5.73 Å². The Kier molecular flexibility index (Phi) is 3.13. The Morgan fingerprint density at radius 3 is 2.53 bits per heavy atom. The fourth-order valence-corrected chi connectivity index (χ4v) is 2.85. The van der Waals surface area contributed by atoms with Crippen LogP contribution in [0.3, 0.4) is 0 Å². The van der Waals surface area contributed by atoms with Crippen molar-refractivity contribution < 1.29 is 13.2 Å². The number of nitrogens with zero attached hydrogens (tertiary/aromatic N) is 1. The minimum Gasteiger partial charge on any atom is -0.399 e. The van der Waals surface area contributed by atoms with Gasteiger partial charge in [-0.2, -0.15) is 13.2 Å². The maximum absolute atomic E-state index is 12.5. The van der Waals surface area contributed by atoms with E-state index in [0.717, 1.165) is 11.3 Å². The Hall–Kier alpha value is -1.08. The van der Waals surface area contributed by atoms with E-state index < -0.39 is 11.9 Å². The molecule has 2 nitrogen and oxygen atoms in total. The topological polar surface area (TPSA) is 38.9 Å². The van der Waals surface area contributed by atoms with Gasteiger partial charge >= 0.3 is 6.18 Å². The van der Waals surface area contributed by atoms with Gasteiger partial charge in [0.15, 0.2) is 5.69 Å². The normalized spacial score (nSPS) is 11.8. The highest BCUT2D eigenvalue weighted by Gasteiger charge is 2.37. The number of halogens is 4. The standard InChI is InChI=1S/C10H6BrF3N2S/c11-8-7(10(12,13)14)16-9(17-8)5-2-1-3-6(15)4-5/h1-4H,15H2. The average Bonchev–Trinajstić information content (AvgIpc) is 2.60. The summed E-state index contributed by atoms with van der Waals surface area (Å²) < 4.78 is 37.6. The third-order valence-corrected chi connectivity index (χ3v) is 3.74. The van der Waals surface area contributed by atoms with Crippen LogP contribution in [0.2, 0.25) is 0 Å². The third-order valence-electron chi connectivity index (χ3n) is 1.99. The smallest absolute Gasteiger partial charge is 0.399 e. The number of hydrogen-bond acceptors (Lipinski definition) is 3. The number of benzene rings is 1. The van der Waals surface area contributed by atoms with Gasteiger partial charge < -0.3 is 5.73 Å². The summed E-state index contributed by atoms with van der Waals surface area (Å²) in [7, 11) is 0. The Bertz CT molecular complexity index is 551. The number of alkyl halides is 3. The highest BCUT2D eigenvalue weighted by Crippen LogP contribution is 2.40. The molecule has 17 heavy (non-hydrogen) atoms. The first-order valence-corrected chi connectivity index (χ1v) is 6.08. The van der Waals surface area contributed by atoms with Crippen molar-refractivity contribution in [2.45, 2.75) is 6.18 Å². The molecule has 0 radical (unpaired) electrons. The zero-order valence-corrected chi connectivity index (χ0v) is 10.7.